The Balaban J connectivity index is 2.05. The van der Waals surface area contributed by atoms with Crippen LogP contribution in [-0.4, -0.2) is 33.8 Å². The van der Waals surface area contributed by atoms with Crippen LogP contribution in [0.25, 0.3) is 0 Å². The first kappa shape index (κ1) is 16.5. The average Bonchev–Trinajstić information content (AvgIpc) is 2.70. The van der Waals surface area contributed by atoms with Crippen molar-refractivity contribution in [1.29, 1.82) is 0 Å². The summed E-state index contributed by atoms with van der Waals surface area (Å²) in [5.41, 5.74) is 8.28. The van der Waals surface area contributed by atoms with Crippen molar-refractivity contribution in [2.75, 3.05) is 13.1 Å². The first-order chi connectivity index (χ1) is 10.2. The molecule has 0 unspecified atom stereocenters. The van der Waals surface area contributed by atoms with Crippen molar-refractivity contribution in [3.8, 4) is 0 Å². The van der Waals surface area contributed by atoms with Gasteiger partial charge in [-0.15, -0.1) is 0 Å². The molecule has 1 aliphatic rings. The highest BCUT2D eigenvalue weighted by Gasteiger charge is 2.21. The molecular weight excluding hydrogens is 260 g/mol. The fraction of sp³-hybridized carbons (Fsp3) is 0.824. The molecule has 0 aliphatic heterocycles. The molecule has 0 saturated heterocycles. The Morgan fingerprint density at radius 3 is 2.57 bits per heavy atom. The molecule has 4 nitrogen and oxygen atoms in total. The van der Waals surface area contributed by atoms with Gasteiger partial charge in [0.15, 0.2) is 0 Å². The Morgan fingerprint density at radius 2 is 2.00 bits per heavy atom. The molecule has 0 spiro atoms. The Labute approximate surface area is 129 Å². The summed E-state index contributed by atoms with van der Waals surface area (Å²) in [7, 11) is 2.07. The molecule has 1 saturated carbocycles. The molecule has 1 aromatic rings. The number of aryl methyl sites for hydroxylation is 2. The summed E-state index contributed by atoms with van der Waals surface area (Å²) in [6, 6.07) is 3.01. The summed E-state index contributed by atoms with van der Waals surface area (Å²) in [6.45, 7) is 5.10. The van der Waals surface area contributed by atoms with Gasteiger partial charge in [-0.2, -0.15) is 5.10 Å². The van der Waals surface area contributed by atoms with Crippen LogP contribution in [0.15, 0.2) is 6.07 Å². The predicted molar refractivity (Wildman–Crippen MR) is 88.2 cm³/mol. The number of nitrogens with two attached hydrogens (primary N) is 1. The van der Waals surface area contributed by atoms with Gasteiger partial charge in [-0.25, -0.2) is 0 Å². The summed E-state index contributed by atoms with van der Waals surface area (Å²) >= 11 is 0. The maximum atomic E-state index is 5.74. The molecule has 1 aromatic heterocycles. The molecule has 21 heavy (non-hydrogen) atoms. The number of hydrogen-bond donors (Lipinski definition) is 1. The van der Waals surface area contributed by atoms with Gasteiger partial charge in [0.1, 0.15) is 0 Å². The van der Waals surface area contributed by atoms with Gasteiger partial charge in [0.05, 0.1) is 11.4 Å². The number of rotatable bonds is 7. The van der Waals surface area contributed by atoms with Crippen LogP contribution in [-0.2, 0) is 20.0 Å². The van der Waals surface area contributed by atoms with Crippen molar-refractivity contribution < 1.29 is 0 Å². The SMILES string of the molecule is CCc1cc(CN(CCCN)C2CCCCCC2)n(C)n1. The van der Waals surface area contributed by atoms with E-state index >= 15 is 0 Å². The maximum absolute atomic E-state index is 5.74. The normalized spacial score (nSPS) is 17.3. The van der Waals surface area contributed by atoms with E-state index in [2.05, 4.69) is 34.7 Å². The molecular formula is C17H32N4. The van der Waals surface area contributed by atoms with Crippen molar-refractivity contribution in [3.63, 3.8) is 0 Å². The van der Waals surface area contributed by atoms with Crippen molar-refractivity contribution in [1.82, 2.24) is 14.7 Å². The van der Waals surface area contributed by atoms with E-state index in [9.17, 15) is 0 Å². The molecule has 0 atom stereocenters. The second-order valence-electron chi connectivity index (χ2n) is 6.36. The quantitative estimate of drug-likeness (QED) is 0.786. The summed E-state index contributed by atoms with van der Waals surface area (Å²) in [4.78, 5) is 2.66. The van der Waals surface area contributed by atoms with E-state index in [0.29, 0.717) is 0 Å². The van der Waals surface area contributed by atoms with Crippen LogP contribution in [0.4, 0.5) is 0 Å². The maximum Gasteiger partial charge on any atom is 0.0625 e. The highest BCUT2D eigenvalue weighted by molar-refractivity contribution is 5.10. The molecule has 1 fully saturated rings. The zero-order valence-corrected chi connectivity index (χ0v) is 13.9. The monoisotopic (exact) mass is 292 g/mol. The lowest BCUT2D eigenvalue weighted by atomic mass is 10.1. The molecule has 0 aromatic carbocycles. The van der Waals surface area contributed by atoms with Gasteiger partial charge < -0.3 is 5.73 Å². The van der Waals surface area contributed by atoms with Gasteiger partial charge in [0.2, 0.25) is 0 Å². The third-order valence-corrected chi connectivity index (χ3v) is 4.75. The summed E-state index contributed by atoms with van der Waals surface area (Å²) in [5, 5.41) is 4.59. The van der Waals surface area contributed by atoms with E-state index in [-0.39, 0.29) is 0 Å². The van der Waals surface area contributed by atoms with E-state index in [4.69, 9.17) is 5.73 Å². The van der Waals surface area contributed by atoms with Crippen LogP contribution in [0.1, 0.15) is 63.3 Å². The summed E-state index contributed by atoms with van der Waals surface area (Å²) in [5.74, 6) is 0. The minimum absolute atomic E-state index is 0.735. The Bertz CT molecular complexity index is 405. The molecule has 2 N–H and O–H groups in total. The average molecular weight is 292 g/mol. The molecule has 0 bridgehead atoms. The number of aromatic nitrogens is 2. The van der Waals surface area contributed by atoms with Crippen molar-refractivity contribution in [3.05, 3.63) is 17.5 Å². The van der Waals surface area contributed by atoms with E-state index in [1.165, 1.54) is 49.9 Å². The number of hydrogen-bond acceptors (Lipinski definition) is 3. The van der Waals surface area contributed by atoms with Gasteiger partial charge in [0.25, 0.3) is 0 Å². The van der Waals surface area contributed by atoms with Crippen LogP contribution in [0, 0.1) is 0 Å². The summed E-state index contributed by atoms with van der Waals surface area (Å²) < 4.78 is 2.06. The molecule has 0 amide bonds. The minimum atomic E-state index is 0.735. The Hall–Kier alpha value is -0.870. The molecule has 1 aliphatic carbocycles. The largest absolute Gasteiger partial charge is 0.330 e. The molecule has 120 valence electrons. The van der Waals surface area contributed by atoms with Gasteiger partial charge in [-0.1, -0.05) is 32.6 Å². The molecule has 2 rings (SSSR count). The first-order valence-corrected chi connectivity index (χ1v) is 8.70. The van der Waals surface area contributed by atoms with Gasteiger partial charge in [0, 0.05) is 26.2 Å². The van der Waals surface area contributed by atoms with Crippen LogP contribution < -0.4 is 5.73 Å². The van der Waals surface area contributed by atoms with Crippen molar-refractivity contribution in [2.45, 2.75) is 70.9 Å². The highest BCUT2D eigenvalue weighted by atomic mass is 15.3. The van der Waals surface area contributed by atoms with E-state index in [0.717, 1.165) is 38.5 Å². The molecule has 4 heteroatoms. The Kier molecular flexibility index (Phi) is 6.71. The number of nitrogens with zero attached hydrogens (tertiary/aromatic N) is 3. The van der Waals surface area contributed by atoms with E-state index in [1.807, 2.05) is 0 Å². The van der Waals surface area contributed by atoms with Gasteiger partial charge in [-0.3, -0.25) is 9.58 Å². The van der Waals surface area contributed by atoms with Crippen LogP contribution in [0.2, 0.25) is 0 Å². The topological polar surface area (TPSA) is 47.1 Å². The van der Waals surface area contributed by atoms with Crippen molar-refractivity contribution in [2.24, 2.45) is 12.8 Å². The zero-order valence-electron chi connectivity index (χ0n) is 13.9. The molecule has 0 radical (unpaired) electrons. The lowest BCUT2D eigenvalue weighted by Gasteiger charge is -2.31. The first-order valence-electron chi connectivity index (χ1n) is 8.70. The zero-order chi connectivity index (χ0) is 15.1. The second kappa shape index (κ2) is 8.54. The Morgan fingerprint density at radius 1 is 1.29 bits per heavy atom. The van der Waals surface area contributed by atoms with Crippen LogP contribution in [0.5, 0.6) is 0 Å². The molecule has 1 heterocycles. The highest BCUT2D eigenvalue weighted by Crippen LogP contribution is 2.23. The fourth-order valence-electron chi connectivity index (χ4n) is 3.41. The third-order valence-electron chi connectivity index (χ3n) is 4.75. The van der Waals surface area contributed by atoms with Crippen LogP contribution >= 0.6 is 0 Å². The smallest absolute Gasteiger partial charge is 0.0625 e. The van der Waals surface area contributed by atoms with E-state index < -0.39 is 0 Å². The van der Waals surface area contributed by atoms with E-state index in [1.54, 1.807) is 0 Å². The summed E-state index contributed by atoms with van der Waals surface area (Å²) in [6.07, 6.45) is 10.4. The standard InChI is InChI=1S/C17H32N4/c1-3-15-13-17(20(2)19-15)14-21(12-8-11-18)16-9-6-4-5-7-10-16/h13,16H,3-12,14,18H2,1-2H3. The lowest BCUT2D eigenvalue weighted by Crippen LogP contribution is -2.36. The fourth-order valence-corrected chi connectivity index (χ4v) is 3.41. The van der Waals surface area contributed by atoms with Crippen LogP contribution in [0.3, 0.4) is 0 Å². The second-order valence-corrected chi connectivity index (χ2v) is 6.36. The lowest BCUT2D eigenvalue weighted by molar-refractivity contribution is 0.165. The van der Waals surface area contributed by atoms with Gasteiger partial charge in [-0.05, 0) is 38.3 Å². The third kappa shape index (κ3) is 4.82. The van der Waals surface area contributed by atoms with Crippen molar-refractivity contribution >= 4 is 0 Å². The van der Waals surface area contributed by atoms with Gasteiger partial charge >= 0.3 is 0 Å². The predicted octanol–water partition coefficient (Wildman–Crippen LogP) is 2.86. The minimum Gasteiger partial charge on any atom is -0.330 e.